The number of aryl methyl sites for hydroxylation is 1. The van der Waals surface area contributed by atoms with Crippen LogP contribution in [-0.4, -0.2) is 32.1 Å². The third-order valence-electron chi connectivity index (χ3n) is 4.06. The average molecular weight is 284 g/mol. The van der Waals surface area contributed by atoms with Crippen molar-refractivity contribution in [1.29, 1.82) is 0 Å². The fraction of sp³-hybridized carbons (Fsp3) is 0.600. The van der Waals surface area contributed by atoms with Crippen LogP contribution >= 0.6 is 0 Å². The molecule has 2 rings (SSSR count). The van der Waals surface area contributed by atoms with Gasteiger partial charge in [0, 0.05) is 18.2 Å². The number of hydrogen-bond donors (Lipinski definition) is 1. The molecule has 112 valence electrons. The summed E-state index contributed by atoms with van der Waals surface area (Å²) >= 11 is 0. The van der Waals surface area contributed by atoms with E-state index in [1.54, 1.807) is 0 Å². The van der Waals surface area contributed by atoms with Crippen molar-refractivity contribution in [2.24, 2.45) is 11.7 Å². The second-order valence-corrected chi connectivity index (χ2v) is 5.57. The zero-order chi connectivity index (χ0) is 14.9. The first kappa shape index (κ1) is 15.2. The van der Waals surface area contributed by atoms with E-state index in [1.165, 1.54) is 13.2 Å². The molecular formula is C15H22F2N2O. The molecule has 2 N–H and O–H groups in total. The molecule has 0 spiro atoms. The predicted octanol–water partition coefficient (Wildman–Crippen LogP) is 2.89. The van der Waals surface area contributed by atoms with Gasteiger partial charge in [0.15, 0.2) is 0 Å². The number of hydrogen-bond acceptors (Lipinski definition) is 3. The van der Waals surface area contributed by atoms with Gasteiger partial charge >= 0.3 is 0 Å². The summed E-state index contributed by atoms with van der Waals surface area (Å²) in [5, 5.41) is 0. The first-order chi connectivity index (χ1) is 9.47. The van der Waals surface area contributed by atoms with E-state index in [0.717, 1.165) is 24.1 Å². The third kappa shape index (κ3) is 2.79. The first-order valence-corrected chi connectivity index (χ1v) is 6.84. The summed E-state index contributed by atoms with van der Waals surface area (Å²) in [5.41, 5.74) is 7.40. The Bertz CT molecular complexity index is 479. The molecule has 2 unspecified atom stereocenters. The van der Waals surface area contributed by atoms with E-state index >= 15 is 0 Å². The van der Waals surface area contributed by atoms with E-state index in [4.69, 9.17) is 10.5 Å². The molecule has 1 heterocycles. The summed E-state index contributed by atoms with van der Waals surface area (Å²) in [6.45, 7) is 3.35. The number of alkyl halides is 2. The highest BCUT2D eigenvalue weighted by atomic mass is 19.3. The molecule has 2 atom stereocenters. The quantitative estimate of drug-likeness (QED) is 0.924. The van der Waals surface area contributed by atoms with Gasteiger partial charge in [-0.15, -0.1) is 0 Å². The van der Waals surface area contributed by atoms with Gasteiger partial charge < -0.3 is 10.5 Å². The van der Waals surface area contributed by atoms with Gasteiger partial charge in [0.25, 0.3) is 6.43 Å². The zero-order valence-corrected chi connectivity index (χ0v) is 12.2. The van der Waals surface area contributed by atoms with Crippen LogP contribution in [0, 0.1) is 12.8 Å². The Morgan fingerprint density at radius 1 is 1.45 bits per heavy atom. The summed E-state index contributed by atoms with van der Waals surface area (Å²) in [6, 6.07) is 3.54. The van der Waals surface area contributed by atoms with Crippen LogP contribution in [-0.2, 0) is 0 Å². The summed E-state index contributed by atoms with van der Waals surface area (Å²) in [5.74, 6) is 0.727. The van der Waals surface area contributed by atoms with Crippen molar-refractivity contribution < 1.29 is 13.5 Å². The third-order valence-corrected chi connectivity index (χ3v) is 4.06. The van der Waals surface area contributed by atoms with Gasteiger partial charge in [-0.2, -0.15) is 0 Å². The Labute approximate surface area is 118 Å². The molecule has 0 aliphatic carbocycles. The Kier molecular flexibility index (Phi) is 4.60. The number of methoxy groups -OCH3 is 1. The minimum atomic E-state index is -2.53. The van der Waals surface area contributed by atoms with Gasteiger partial charge in [0.05, 0.1) is 12.7 Å². The topological polar surface area (TPSA) is 38.5 Å². The van der Waals surface area contributed by atoms with Gasteiger partial charge in [-0.05, 0) is 38.9 Å². The fourth-order valence-electron chi connectivity index (χ4n) is 3.12. The van der Waals surface area contributed by atoms with Gasteiger partial charge in [-0.1, -0.05) is 11.6 Å². The molecule has 0 radical (unpaired) electrons. The molecule has 1 aliphatic heterocycles. The molecule has 1 saturated heterocycles. The molecule has 1 aromatic carbocycles. The normalized spacial score (nSPS) is 23.6. The molecule has 0 amide bonds. The Morgan fingerprint density at radius 3 is 2.65 bits per heavy atom. The van der Waals surface area contributed by atoms with E-state index in [1.807, 2.05) is 20.0 Å². The minimum Gasteiger partial charge on any atom is -0.496 e. The van der Waals surface area contributed by atoms with E-state index in [0.29, 0.717) is 18.2 Å². The largest absolute Gasteiger partial charge is 0.496 e. The predicted molar refractivity (Wildman–Crippen MR) is 75.2 cm³/mol. The number of benzene rings is 1. The molecule has 0 bridgehead atoms. The highest BCUT2D eigenvalue weighted by Crippen LogP contribution is 2.42. The Balaban J connectivity index is 2.45. The summed E-state index contributed by atoms with van der Waals surface area (Å²) in [6.07, 6.45) is -1.64. The highest BCUT2D eigenvalue weighted by molar-refractivity contribution is 5.47. The van der Waals surface area contributed by atoms with Crippen molar-refractivity contribution in [3.63, 3.8) is 0 Å². The second kappa shape index (κ2) is 6.06. The van der Waals surface area contributed by atoms with Crippen LogP contribution in [0.5, 0.6) is 5.75 Å². The number of nitrogens with two attached hydrogens (primary N) is 1. The Morgan fingerprint density at radius 2 is 2.15 bits per heavy atom. The van der Waals surface area contributed by atoms with Crippen LogP contribution in [0.15, 0.2) is 12.1 Å². The lowest BCUT2D eigenvalue weighted by Gasteiger charge is -2.24. The van der Waals surface area contributed by atoms with Gasteiger partial charge in [-0.25, -0.2) is 8.78 Å². The maximum absolute atomic E-state index is 13.2. The maximum atomic E-state index is 13.2. The van der Waals surface area contributed by atoms with Crippen molar-refractivity contribution in [2.75, 3.05) is 27.2 Å². The van der Waals surface area contributed by atoms with Crippen LogP contribution in [0.3, 0.4) is 0 Å². The molecule has 5 heteroatoms. The Hall–Kier alpha value is -1.20. The molecular weight excluding hydrogens is 262 g/mol. The molecule has 1 aliphatic rings. The lowest BCUT2D eigenvalue weighted by molar-refractivity contribution is 0.146. The number of halogens is 2. The standard InChI is InChI=1S/C15H22F2N2O/c1-9-4-11(13-6-10(7-18)8-19(13)2)14(20-3)12(5-9)15(16)17/h4-5,10,13,15H,6-8,18H2,1-3H3. The summed E-state index contributed by atoms with van der Waals surface area (Å²) in [7, 11) is 3.46. The van der Waals surface area contributed by atoms with Crippen molar-refractivity contribution >= 4 is 0 Å². The number of nitrogens with zero attached hydrogens (tertiary/aromatic N) is 1. The van der Waals surface area contributed by atoms with E-state index in [2.05, 4.69) is 4.90 Å². The second-order valence-electron chi connectivity index (χ2n) is 5.57. The molecule has 0 saturated carbocycles. The minimum absolute atomic E-state index is 0.0212. The van der Waals surface area contributed by atoms with Crippen LogP contribution in [0.2, 0.25) is 0 Å². The SMILES string of the molecule is COc1c(C(F)F)cc(C)cc1C1CC(CN)CN1C. The molecule has 0 aromatic heterocycles. The maximum Gasteiger partial charge on any atom is 0.267 e. The van der Waals surface area contributed by atoms with E-state index in [9.17, 15) is 8.78 Å². The van der Waals surface area contributed by atoms with Crippen LogP contribution in [0.25, 0.3) is 0 Å². The van der Waals surface area contributed by atoms with Gasteiger partial charge in [-0.3, -0.25) is 4.90 Å². The number of likely N-dealkylation sites (tertiary alicyclic amines) is 1. The monoisotopic (exact) mass is 284 g/mol. The van der Waals surface area contributed by atoms with Crippen LogP contribution in [0.4, 0.5) is 8.78 Å². The molecule has 20 heavy (non-hydrogen) atoms. The van der Waals surface area contributed by atoms with Crippen molar-refractivity contribution in [2.45, 2.75) is 25.8 Å². The van der Waals surface area contributed by atoms with Gasteiger partial charge in [0.2, 0.25) is 0 Å². The molecule has 3 nitrogen and oxygen atoms in total. The van der Waals surface area contributed by atoms with Crippen molar-refractivity contribution in [1.82, 2.24) is 4.90 Å². The lowest BCUT2D eigenvalue weighted by atomic mass is 9.95. The van der Waals surface area contributed by atoms with Crippen molar-refractivity contribution in [3.05, 3.63) is 28.8 Å². The zero-order valence-electron chi connectivity index (χ0n) is 12.2. The number of ether oxygens (including phenoxy) is 1. The fourth-order valence-corrected chi connectivity index (χ4v) is 3.12. The number of rotatable bonds is 4. The van der Waals surface area contributed by atoms with E-state index < -0.39 is 6.43 Å². The summed E-state index contributed by atoms with van der Waals surface area (Å²) in [4.78, 5) is 2.17. The van der Waals surface area contributed by atoms with Crippen LogP contribution < -0.4 is 10.5 Å². The van der Waals surface area contributed by atoms with Crippen molar-refractivity contribution in [3.8, 4) is 5.75 Å². The first-order valence-electron chi connectivity index (χ1n) is 6.84. The summed E-state index contributed by atoms with van der Waals surface area (Å²) < 4.78 is 31.7. The highest BCUT2D eigenvalue weighted by Gasteiger charge is 2.33. The average Bonchev–Trinajstić information content (AvgIpc) is 2.78. The smallest absolute Gasteiger partial charge is 0.267 e. The molecule has 1 aromatic rings. The van der Waals surface area contributed by atoms with E-state index in [-0.39, 0.29) is 11.6 Å². The molecule has 1 fully saturated rings. The van der Waals surface area contributed by atoms with Gasteiger partial charge in [0.1, 0.15) is 5.75 Å². The lowest BCUT2D eigenvalue weighted by Crippen LogP contribution is -2.21. The van der Waals surface area contributed by atoms with Crippen LogP contribution in [0.1, 0.15) is 35.6 Å².